The number of ether oxygens (including phenoxy) is 1. The molecule has 0 aliphatic carbocycles. The number of nitrogens with one attached hydrogen (secondary N) is 1. The van der Waals surface area contributed by atoms with Crippen LogP contribution in [0.3, 0.4) is 0 Å². The van der Waals surface area contributed by atoms with Gasteiger partial charge in [-0.3, -0.25) is 14.2 Å². The molecule has 3 rings (SSSR count). The summed E-state index contributed by atoms with van der Waals surface area (Å²) in [6.45, 7) is 9.12. The minimum atomic E-state index is -1.09. The summed E-state index contributed by atoms with van der Waals surface area (Å²) < 4.78 is 9.17. The zero-order chi connectivity index (χ0) is 24.5. The van der Waals surface area contributed by atoms with E-state index >= 15 is 0 Å². The summed E-state index contributed by atoms with van der Waals surface area (Å²) in [4.78, 5) is 31.6. The molecule has 0 saturated heterocycles. The SMILES string of the molecule is CCc1nc2c(c(OC(C)C)c(C(=O)NCC(C)(C)O)n2C)c(=O)n1Cc1cccc(Cl)c1. The molecule has 1 aromatic carbocycles. The molecule has 0 saturated carbocycles. The molecule has 1 amide bonds. The number of nitrogens with zero attached hydrogens (tertiary/aromatic N) is 3. The summed E-state index contributed by atoms with van der Waals surface area (Å²) in [5.74, 6) is 0.329. The molecule has 9 heteroatoms. The normalized spacial score (nSPS) is 11.9. The van der Waals surface area contributed by atoms with E-state index < -0.39 is 11.5 Å². The maximum Gasteiger partial charge on any atom is 0.271 e. The van der Waals surface area contributed by atoms with Crippen molar-refractivity contribution in [3.63, 3.8) is 0 Å². The quantitative estimate of drug-likeness (QED) is 0.522. The van der Waals surface area contributed by atoms with Crippen molar-refractivity contribution < 1.29 is 14.6 Å². The topological polar surface area (TPSA) is 98.4 Å². The lowest BCUT2D eigenvalue weighted by atomic mass is 10.1. The molecule has 0 bridgehead atoms. The van der Waals surface area contributed by atoms with Crippen LogP contribution < -0.4 is 15.6 Å². The van der Waals surface area contributed by atoms with Crippen molar-refractivity contribution in [3.05, 3.63) is 56.7 Å². The smallest absolute Gasteiger partial charge is 0.271 e. The molecule has 0 aliphatic rings. The highest BCUT2D eigenvalue weighted by Gasteiger charge is 2.29. The molecule has 2 aromatic heterocycles. The lowest BCUT2D eigenvalue weighted by molar-refractivity contribution is 0.0687. The van der Waals surface area contributed by atoms with Crippen LogP contribution in [0.15, 0.2) is 29.1 Å². The highest BCUT2D eigenvalue weighted by atomic mass is 35.5. The van der Waals surface area contributed by atoms with Gasteiger partial charge in [-0.05, 0) is 45.4 Å². The lowest BCUT2D eigenvalue weighted by Crippen LogP contribution is -2.39. The van der Waals surface area contributed by atoms with Gasteiger partial charge in [0.2, 0.25) is 0 Å². The van der Waals surface area contributed by atoms with E-state index in [0.29, 0.717) is 29.5 Å². The molecule has 2 N–H and O–H groups in total. The summed E-state index contributed by atoms with van der Waals surface area (Å²) in [6, 6.07) is 7.32. The first-order valence-corrected chi connectivity index (χ1v) is 11.3. The van der Waals surface area contributed by atoms with Crippen LogP contribution in [0, 0.1) is 0 Å². The highest BCUT2D eigenvalue weighted by molar-refractivity contribution is 6.30. The van der Waals surface area contributed by atoms with Gasteiger partial charge in [-0.2, -0.15) is 0 Å². The number of benzene rings is 1. The summed E-state index contributed by atoms with van der Waals surface area (Å²) in [7, 11) is 1.68. The molecular formula is C24H31ClN4O4. The number of carbonyl (C=O) groups excluding carboxylic acids is 1. The Bertz CT molecular complexity index is 1240. The molecule has 0 spiro atoms. The van der Waals surface area contributed by atoms with Gasteiger partial charge < -0.3 is 19.7 Å². The van der Waals surface area contributed by atoms with Crippen molar-refractivity contribution in [1.82, 2.24) is 19.4 Å². The maximum absolute atomic E-state index is 13.7. The number of hydrogen-bond donors (Lipinski definition) is 2. The Morgan fingerprint density at radius 1 is 1.33 bits per heavy atom. The van der Waals surface area contributed by atoms with Gasteiger partial charge in [0.1, 0.15) is 11.2 Å². The average Bonchev–Trinajstić information content (AvgIpc) is 2.98. The van der Waals surface area contributed by atoms with Crippen LogP contribution in [0.5, 0.6) is 5.75 Å². The van der Waals surface area contributed by atoms with Crippen LogP contribution in [-0.2, 0) is 20.0 Å². The summed E-state index contributed by atoms with van der Waals surface area (Å²) >= 11 is 6.13. The van der Waals surface area contributed by atoms with E-state index in [1.54, 1.807) is 36.1 Å². The van der Waals surface area contributed by atoms with Gasteiger partial charge in [0.05, 0.1) is 18.2 Å². The third-order valence-corrected chi connectivity index (χ3v) is 5.36. The first kappa shape index (κ1) is 24.8. The number of halogens is 1. The Labute approximate surface area is 198 Å². The summed E-state index contributed by atoms with van der Waals surface area (Å²) in [5, 5.41) is 13.6. The zero-order valence-corrected chi connectivity index (χ0v) is 20.7. The second-order valence-electron chi connectivity index (χ2n) is 9.00. The van der Waals surface area contributed by atoms with E-state index in [9.17, 15) is 14.7 Å². The number of aliphatic hydroxyl groups is 1. The van der Waals surface area contributed by atoms with E-state index in [1.807, 2.05) is 39.0 Å². The van der Waals surface area contributed by atoms with E-state index in [-0.39, 0.29) is 35.0 Å². The van der Waals surface area contributed by atoms with Gasteiger partial charge in [-0.25, -0.2) is 4.98 Å². The van der Waals surface area contributed by atoms with Crippen molar-refractivity contribution in [2.75, 3.05) is 6.54 Å². The van der Waals surface area contributed by atoms with Crippen molar-refractivity contribution in [2.45, 2.75) is 59.3 Å². The Morgan fingerprint density at radius 2 is 2.03 bits per heavy atom. The molecule has 0 radical (unpaired) electrons. The van der Waals surface area contributed by atoms with Crippen molar-refractivity contribution in [3.8, 4) is 5.75 Å². The molecule has 0 aliphatic heterocycles. The molecule has 8 nitrogen and oxygen atoms in total. The number of carbonyl (C=O) groups is 1. The zero-order valence-electron chi connectivity index (χ0n) is 19.9. The number of aryl methyl sites for hydroxylation is 2. The van der Waals surface area contributed by atoms with Gasteiger partial charge in [-0.1, -0.05) is 30.7 Å². The van der Waals surface area contributed by atoms with Gasteiger partial charge in [0.15, 0.2) is 17.1 Å². The van der Waals surface area contributed by atoms with Gasteiger partial charge in [0, 0.05) is 25.0 Å². The van der Waals surface area contributed by atoms with Gasteiger partial charge in [0.25, 0.3) is 11.5 Å². The molecule has 178 valence electrons. The van der Waals surface area contributed by atoms with Crippen LogP contribution in [0.4, 0.5) is 0 Å². The van der Waals surface area contributed by atoms with Crippen LogP contribution >= 0.6 is 11.6 Å². The van der Waals surface area contributed by atoms with E-state index in [1.165, 1.54) is 0 Å². The third-order valence-electron chi connectivity index (χ3n) is 5.12. The number of aromatic nitrogens is 3. The summed E-state index contributed by atoms with van der Waals surface area (Å²) in [5.41, 5.74) is 0.0604. The first-order chi connectivity index (χ1) is 15.4. The number of hydrogen-bond acceptors (Lipinski definition) is 5. The van der Waals surface area contributed by atoms with Crippen molar-refractivity contribution in [2.24, 2.45) is 7.05 Å². The first-order valence-electron chi connectivity index (χ1n) is 11.0. The fraction of sp³-hybridized carbons (Fsp3) is 0.458. The third kappa shape index (κ3) is 5.39. The number of rotatable bonds is 8. The minimum absolute atomic E-state index is 0.0428. The Morgan fingerprint density at radius 3 is 2.61 bits per heavy atom. The largest absolute Gasteiger partial charge is 0.488 e. The standard InChI is InChI=1S/C24H31ClN4O4/c1-7-17-27-21-18(23(31)29(17)12-15-9-8-10-16(25)11-15)20(33-14(2)3)19(28(21)6)22(30)26-13-24(4,5)32/h8-11,14,32H,7,12-13H2,1-6H3,(H,26,30). The van der Waals surface area contributed by atoms with Crippen molar-refractivity contribution in [1.29, 1.82) is 0 Å². The maximum atomic E-state index is 13.7. The highest BCUT2D eigenvalue weighted by Crippen LogP contribution is 2.31. The molecule has 3 aromatic rings. The second-order valence-corrected chi connectivity index (χ2v) is 9.44. The molecule has 33 heavy (non-hydrogen) atoms. The Kier molecular flexibility index (Phi) is 7.19. The van der Waals surface area contributed by atoms with Gasteiger partial charge >= 0.3 is 0 Å². The minimum Gasteiger partial charge on any atom is -0.488 e. The van der Waals surface area contributed by atoms with Gasteiger partial charge in [-0.15, -0.1) is 0 Å². The average molecular weight is 475 g/mol. The van der Waals surface area contributed by atoms with Crippen LogP contribution in [-0.4, -0.2) is 43.4 Å². The van der Waals surface area contributed by atoms with E-state index in [0.717, 1.165) is 5.56 Å². The predicted molar refractivity (Wildman–Crippen MR) is 129 cm³/mol. The predicted octanol–water partition coefficient (Wildman–Crippen LogP) is 3.29. The molecule has 0 fully saturated rings. The molecular weight excluding hydrogens is 444 g/mol. The van der Waals surface area contributed by atoms with Crippen LogP contribution in [0.2, 0.25) is 5.02 Å². The molecule has 0 unspecified atom stereocenters. The monoisotopic (exact) mass is 474 g/mol. The Hall–Kier alpha value is -2.84. The Balaban J connectivity index is 2.23. The van der Waals surface area contributed by atoms with Crippen LogP contribution in [0.1, 0.15) is 56.5 Å². The van der Waals surface area contributed by atoms with E-state index in [2.05, 4.69) is 5.32 Å². The van der Waals surface area contributed by atoms with Crippen LogP contribution in [0.25, 0.3) is 11.0 Å². The number of amides is 1. The summed E-state index contributed by atoms with van der Waals surface area (Å²) in [6.07, 6.45) is 0.250. The fourth-order valence-electron chi connectivity index (χ4n) is 3.64. The fourth-order valence-corrected chi connectivity index (χ4v) is 3.85. The second kappa shape index (κ2) is 9.57. The van der Waals surface area contributed by atoms with E-state index in [4.69, 9.17) is 21.3 Å². The molecule has 0 atom stereocenters. The lowest BCUT2D eigenvalue weighted by Gasteiger charge is -2.18. The molecule has 2 heterocycles. The van der Waals surface area contributed by atoms with Crippen molar-refractivity contribution >= 4 is 28.5 Å². The number of fused-ring (bicyclic) bond motifs is 1.